The van der Waals surface area contributed by atoms with Gasteiger partial charge in [0.1, 0.15) is 6.04 Å². The van der Waals surface area contributed by atoms with E-state index in [2.05, 4.69) is 10.0 Å². The molecule has 1 heterocycles. The number of oxazole rings is 1. The number of carbonyl (C=O) groups excluding carboxylic acids is 1. The highest BCUT2D eigenvalue weighted by atomic mass is 32.2. The van der Waals surface area contributed by atoms with Crippen molar-refractivity contribution >= 4 is 27.0 Å². The first-order valence-electron chi connectivity index (χ1n) is 10.3. The van der Waals surface area contributed by atoms with Gasteiger partial charge in [-0.15, -0.1) is 0 Å². The van der Waals surface area contributed by atoms with Gasteiger partial charge in [0, 0.05) is 19.2 Å². The number of benzene rings is 2. The van der Waals surface area contributed by atoms with Gasteiger partial charge >= 0.3 is 5.76 Å². The average molecular weight is 444 g/mol. The number of nitrogens with zero attached hydrogens (tertiary/aromatic N) is 1. The van der Waals surface area contributed by atoms with Gasteiger partial charge in [-0.3, -0.25) is 9.36 Å². The molecule has 1 aliphatic rings. The molecule has 1 saturated carbocycles. The molecule has 1 aromatic heterocycles. The maximum Gasteiger partial charge on any atom is 0.419 e. The molecule has 1 fully saturated rings. The summed E-state index contributed by atoms with van der Waals surface area (Å²) in [4.78, 5) is 24.6. The van der Waals surface area contributed by atoms with Crippen molar-refractivity contribution in [2.24, 2.45) is 7.05 Å². The summed E-state index contributed by atoms with van der Waals surface area (Å²) in [6.45, 7) is 0. The Kier molecular flexibility index (Phi) is 5.97. The van der Waals surface area contributed by atoms with Crippen LogP contribution in [0.4, 0.5) is 0 Å². The van der Waals surface area contributed by atoms with Crippen molar-refractivity contribution in [1.82, 2.24) is 14.6 Å². The van der Waals surface area contributed by atoms with Gasteiger partial charge < -0.3 is 9.73 Å². The van der Waals surface area contributed by atoms with Crippen LogP contribution in [0.3, 0.4) is 0 Å². The molecule has 0 spiro atoms. The van der Waals surface area contributed by atoms with Gasteiger partial charge in [0.2, 0.25) is 15.9 Å². The minimum absolute atomic E-state index is 0.0684. The van der Waals surface area contributed by atoms with Gasteiger partial charge in [0.05, 0.1) is 10.4 Å². The van der Waals surface area contributed by atoms with Crippen LogP contribution >= 0.6 is 0 Å². The Morgan fingerprint density at radius 2 is 1.87 bits per heavy atom. The number of aryl methyl sites for hydroxylation is 1. The number of sulfonamides is 1. The monoisotopic (exact) mass is 443 g/mol. The molecule has 1 aliphatic carbocycles. The highest BCUT2D eigenvalue weighted by molar-refractivity contribution is 7.89. The molecule has 0 radical (unpaired) electrons. The topological polar surface area (TPSA) is 110 Å². The van der Waals surface area contributed by atoms with Crippen molar-refractivity contribution in [3.05, 3.63) is 64.6 Å². The Hall–Kier alpha value is -2.91. The fourth-order valence-electron chi connectivity index (χ4n) is 3.95. The first kappa shape index (κ1) is 21.3. The van der Waals surface area contributed by atoms with Gasteiger partial charge in [-0.25, -0.2) is 13.2 Å². The van der Waals surface area contributed by atoms with Crippen molar-refractivity contribution in [3.63, 3.8) is 0 Å². The normalized spacial score (nSPS) is 15.9. The molecule has 9 heteroatoms. The van der Waals surface area contributed by atoms with E-state index in [0.717, 1.165) is 31.2 Å². The summed E-state index contributed by atoms with van der Waals surface area (Å²) < 4.78 is 35.1. The molecule has 8 nitrogen and oxygen atoms in total. The number of hydrogen-bond acceptors (Lipinski definition) is 5. The quantitative estimate of drug-likeness (QED) is 0.581. The van der Waals surface area contributed by atoms with Crippen LogP contribution in [0.1, 0.15) is 31.2 Å². The highest BCUT2D eigenvalue weighted by Gasteiger charge is 2.29. The second-order valence-corrected chi connectivity index (χ2v) is 9.62. The first-order valence-corrected chi connectivity index (χ1v) is 11.8. The van der Waals surface area contributed by atoms with E-state index in [1.165, 1.54) is 22.8 Å². The van der Waals surface area contributed by atoms with E-state index < -0.39 is 21.8 Å². The molecule has 1 amide bonds. The zero-order valence-corrected chi connectivity index (χ0v) is 18.0. The van der Waals surface area contributed by atoms with Crippen molar-refractivity contribution in [3.8, 4) is 0 Å². The predicted octanol–water partition coefficient (Wildman–Crippen LogP) is 2.08. The van der Waals surface area contributed by atoms with Crippen molar-refractivity contribution in [2.45, 2.75) is 49.1 Å². The molecule has 164 valence electrons. The Labute approximate surface area is 180 Å². The van der Waals surface area contributed by atoms with Gasteiger partial charge in [0.25, 0.3) is 0 Å². The van der Waals surface area contributed by atoms with Crippen LogP contribution in [-0.2, 0) is 28.3 Å². The molecule has 0 saturated heterocycles. The van der Waals surface area contributed by atoms with Crippen LogP contribution in [0.25, 0.3) is 11.1 Å². The third kappa shape index (κ3) is 4.72. The molecular formula is C22H25N3O5S. The summed E-state index contributed by atoms with van der Waals surface area (Å²) in [6, 6.07) is 12.6. The standard InChI is InChI=1S/C22H25N3O5S/c1-25-19-12-11-17(14-20(19)30-22(25)27)31(28,29)24-18(13-15-7-3-2-4-8-15)21(26)23-16-9-5-6-10-16/h2-4,7-8,11-12,14,16,18,24H,5-6,9-10,13H2,1H3,(H,23,26)/t18-/m0/s1. The summed E-state index contributed by atoms with van der Waals surface area (Å²) in [5, 5.41) is 2.98. The zero-order valence-electron chi connectivity index (χ0n) is 17.2. The van der Waals surface area contributed by atoms with Crippen LogP contribution in [0.5, 0.6) is 0 Å². The summed E-state index contributed by atoms with van der Waals surface area (Å²) in [6.07, 6.45) is 4.15. The molecule has 0 unspecified atom stereocenters. The number of nitrogens with one attached hydrogen (secondary N) is 2. The first-order chi connectivity index (χ1) is 14.8. The SMILES string of the molecule is Cn1c(=O)oc2cc(S(=O)(=O)N[C@@H](Cc3ccccc3)C(=O)NC3CCCC3)ccc21. The Morgan fingerprint density at radius 3 is 2.58 bits per heavy atom. The highest BCUT2D eigenvalue weighted by Crippen LogP contribution is 2.20. The maximum absolute atomic E-state index is 13.1. The Bertz CT molecular complexity index is 1240. The van der Waals surface area contributed by atoms with E-state index in [4.69, 9.17) is 4.42 Å². The van der Waals surface area contributed by atoms with E-state index in [9.17, 15) is 18.0 Å². The van der Waals surface area contributed by atoms with E-state index in [1.807, 2.05) is 30.3 Å². The second-order valence-electron chi connectivity index (χ2n) is 7.91. The van der Waals surface area contributed by atoms with E-state index >= 15 is 0 Å². The van der Waals surface area contributed by atoms with Crippen LogP contribution in [-0.4, -0.2) is 31.0 Å². The van der Waals surface area contributed by atoms with Crippen molar-refractivity contribution < 1.29 is 17.6 Å². The Balaban J connectivity index is 1.60. The molecular weight excluding hydrogens is 418 g/mol. The lowest BCUT2D eigenvalue weighted by Crippen LogP contribution is -2.50. The van der Waals surface area contributed by atoms with Crippen LogP contribution < -0.4 is 15.8 Å². The molecule has 2 N–H and O–H groups in total. The fourth-order valence-corrected chi connectivity index (χ4v) is 5.16. The average Bonchev–Trinajstić information content (AvgIpc) is 3.35. The Morgan fingerprint density at radius 1 is 1.16 bits per heavy atom. The predicted molar refractivity (Wildman–Crippen MR) is 116 cm³/mol. The summed E-state index contributed by atoms with van der Waals surface area (Å²) in [5.74, 6) is -0.915. The number of rotatable bonds is 7. The summed E-state index contributed by atoms with van der Waals surface area (Å²) >= 11 is 0. The van der Waals surface area contributed by atoms with Gasteiger partial charge in [0.15, 0.2) is 5.58 Å². The lowest BCUT2D eigenvalue weighted by Gasteiger charge is -2.21. The van der Waals surface area contributed by atoms with Crippen LogP contribution in [0, 0.1) is 0 Å². The zero-order chi connectivity index (χ0) is 22.0. The van der Waals surface area contributed by atoms with E-state index in [-0.39, 0.29) is 28.8 Å². The lowest BCUT2D eigenvalue weighted by atomic mass is 10.1. The summed E-state index contributed by atoms with van der Waals surface area (Å²) in [7, 11) is -2.49. The smallest absolute Gasteiger partial charge is 0.408 e. The largest absolute Gasteiger partial charge is 0.419 e. The molecule has 1 atom stereocenters. The van der Waals surface area contributed by atoms with E-state index in [1.54, 1.807) is 7.05 Å². The minimum Gasteiger partial charge on any atom is -0.408 e. The molecule has 2 aromatic carbocycles. The third-order valence-electron chi connectivity index (χ3n) is 5.67. The van der Waals surface area contributed by atoms with Gasteiger partial charge in [-0.1, -0.05) is 43.2 Å². The minimum atomic E-state index is -4.04. The van der Waals surface area contributed by atoms with Crippen molar-refractivity contribution in [2.75, 3.05) is 0 Å². The van der Waals surface area contributed by atoms with Crippen LogP contribution in [0.15, 0.2) is 62.6 Å². The molecule has 0 aliphatic heterocycles. The third-order valence-corrected chi connectivity index (χ3v) is 7.14. The number of fused-ring (bicyclic) bond motifs is 1. The van der Waals surface area contributed by atoms with Crippen molar-refractivity contribution in [1.29, 1.82) is 0 Å². The number of carbonyl (C=O) groups is 1. The van der Waals surface area contributed by atoms with Crippen LogP contribution in [0.2, 0.25) is 0 Å². The maximum atomic E-state index is 13.1. The fraction of sp³-hybridized carbons (Fsp3) is 0.364. The number of hydrogen-bond donors (Lipinski definition) is 2. The number of amides is 1. The van der Waals surface area contributed by atoms with Gasteiger partial charge in [-0.2, -0.15) is 4.72 Å². The molecule has 0 bridgehead atoms. The molecule has 4 rings (SSSR count). The second kappa shape index (κ2) is 8.68. The molecule has 3 aromatic rings. The molecule has 31 heavy (non-hydrogen) atoms. The summed E-state index contributed by atoms with van der Waals surface area (Å²) in [5.41, 5.74) is 1.51. The number of aromatic nitrogens is 1. The lowest BCUT2D eigenvalue weighted by molar-refractivity contribution is -0.123. The van der Waals surface area contributed by atoms with Gasteiger partial charge in [-0.05, 0) is 37.0 Å². The van der Waals surface area contributed by atoms with E-state index in [0.29, 0.717) is 5.52 Å².